The maximum absolute atomic E-state index is 13.7. The molecule has 0 amide bonds. The topological polar surface area (TPSA) is 35.0 Å². The van der Waals surface area contributed by atoms with Crippen LogP contribution >= 0.6 is 27.5 Å². The molecular weight excluding hydrogens is 335 g/mol. The van der Waals surface area contributed by atoms with Gasteiger partial charge < -0.3 is 4.74 Å². The first kappa shape index (κ1) is 14.2. The average Bonchev–Trinajstić information content (AvgIpc) is 2.37. The Bertz CT molecular complexity index is 595. The summed E-state index contributed by atoms with van der Waals surface area (Å²) in [5, 5.41) is 0.337. The van der Waals surface area contributed by atoms with Crippen LogP contribution in [0.2, 0.25) is 5.15 Å². The quantitative estimate of drug-likeness (QED) is 0.748. The molecule has 19 heavy (non-hydrogen) atoms. The lowest BCUT2D eigenvalue weighted by Gasteiger charge is -2.10. The molecule has 0 fully saturated rings. The maximum Gasteiger partial charge on any atom is 0.227 e. The molecule has 0 aliphatic rings. The van der Waals surface area contributed by atoms with E-state index in [4.69, 9.17) is 16.3 Å². The van der Waals surface area contributed by atoms with Crippen molar-refractivity contribution < 1.29 is 9.13 Å². The van der Waals surface area contributed by atoms with E-state index in [9.17, 15) is 4.39 Å². The van der Waals surface area contributed by atoms with Gasteiger partial charge in [0.05, 0.1) is 5.56 Å². The third-order valence-electron chi connectivity index (χ3n) is 2.45. The highest BCUT2D eigenvalue weighted by Crippen LogP contribution is 2.30. The van der Waals surface area contributed by atoms with E-state index in [1.54, 1.807) is 6.07 Å². The predicted molar refractivity (Wildman–Crippen MR) is 75.2 cm³/mol. The van der Waals surface area contributed by atoms with Crippen molar-refractivity contribution in [2.24, 2.45) is 0 Å². The van der Waals surface area contributed by atoms with Crippen LogP contribution in [0.4, 0.5) is 4.39 Å². The molecule has 0 saturated heterocycles. The summed E-state index contributed by atoms with van der Waals surface area (Å²) in [7, 11) is 0. The van der Waals surface area contributed by atoms with Gasteiger partial charge in [0.2, 0.25) is 5.88 Å². The maximum atomic E-state index is 13.7. The number of halogens is 3. The Hall–Kier alpha value is -1.20. The van der Waals surface area contributed by atoms with Crippen molar-refractivity contribution >= 4 is 27.5 Å². The number of hydrogen-bond donors (Lipinski definition) is 0. The van der Waals surface area contributed by atoms with Gasteiger partial charge in [0, 0.05) is 4.47 Å². The Balaban J connectivity index is 2.35. The number of benzene rings is 1. The number of aromatic nitrogens is 2. The highest BCUT2D eigenvalue weighted by atomic mass is 79.9. The minimum Gasteiger partial charge on any atom is -0.435 e. The first-order chi connectivity index (χ1) is 9.11. The highest BCUT2D eigenvalue weighted by molar-refractivity contribution is 9.10. The molecule has 0 aliphatic heterocycles. The van der Waals surface area contributed by atoms with Crippen LogP contribution in [-0.4, -0.2) is 9.97 Å². The molecule has 6 heteroatoms. The lowest BCUT2D eigenvalue weighted by molar-refractivity contribution is 0.420. The van der Waals surface area contributed by atoms with E-state index in [2.05, 4.69) is 25.9 Å². The molecule has 0 unspecified atom stereocenters. The van der Waals surface area contributed by atoms with Crippen molar-refractivity contribution in [2.75, 3.05) is 0 Å². The second-order valence-corrected chi connectivity index (χ2v) is 5.15. The van der Waals surface area contributed by atoms with Gasteiger partial charge in [-0.2, -0.15) is 0 Å². The molecule has 0 N–H and O–H groups in total. The summed E-state index contributed by atoms with van der Waals surface area (Å²) in [4.78, 5) is 7.93. The van der Waals surface area contributed by atoms with Crippen LogP contribution in [-0.2, 0) is 6.42 Å². The smallest absolute Gasteiger partial charge is 0.227 e. The van der Waals surface area contributed by atoms with Crippen LogP contribution in [0.1, 0.15) is 18.9 Å². The molecule has 0 radical (unpaired) electrons. The molecule has 0 spiro atoms. The first-order valence-electron chi connectivity index (χ1n) is 5.74. The zero-order chi connectivity index (χ0) is 13.8. The number of rotatable bonds is 4. The molecule has 2 rings (SSSR count). The number of ether oxygens (including phenoxy) is 1. The van der Waals surface area contributed by atoms with Crippen LogP contribution in [0, 0.1) is 5.82 Å². The Labute approximate surface area is 123 Å². The zero-order valence-electron chi connectivity index (χ0n) is 10.2. The predicted octanol–water partition coefficient (Wildman–Crippen LogP) is 4.78. The fraction of sp³-hybridized carbons (Fsp3) is 0.231. The minimum atomic E-state index is -0.466. The fourth-order valence-electron chi connectivity index (χ4n) is 1.59. The van der Waals surface area contributed by atoms with Crippen molar-refractivity contribution in [1.82, 2.24) is 9.97 Å². The van der Waals surface area contributed by atoms with E-state index in [1.807, 2.05) is 6.92 Å². The van der Waals surface area contributed by atoms with Gasteiger partial charge in [-0.15, -0.1) is 0 Å². The Kier molecular flexibility index (Phi) is 4.71. The lowest BCUT2D eigenvalue weighted by Crippen LogP contribution is -1.99. The SMILES string of the molecule is CCCc1c(Cl)ncnc1Oc1ccc(Br)cc1F. The molecule has 100 valence electrons. The van der Waals surface area contributed by atoms with Crippen molar-refractivity contribution in [2.45, 2.75) is 19.8 Å². The fourth-order valence-corrected chi connectivity index (χ4v) is 2.14. The second-order valence-electron chi connectivity index (χ2n) is 3.87. The summed E-state index contributed by atoms with van der Waals surface area (Å²) in [5.74, 6) is -0.0649. The molecule has 3 nitrogen and oxygen atoms in total. The summed E-state index contributed by atoms with van der Waals surface area (Å²) >= 11 is 9.20. The third-order valence-corrected chi connectivity index (χ3v) is 3.27. The van der Waals surface area contributed by atoms with Gasteiger partial charge in [-0.25, -0.2) is 14.4 Å². The third kappa shape index (κ3) is 3.42. The summed E-state index contributed by atoms with van der Waals surface area (Å²) < 4.78 is 19.9. The Morgan fingerprint density at radius 3 is 2.84 bits per heavy atom. The summed E-state index contributed by atoms with van der Waals surface area (Å²) in [5.41, 5.74) is 0.689. The second kappa shape index (κ2) is 6.30. The zero-order valence-corrected chi connectivity index (χ0v) is 12.5. The van der Waals surface area contributed by atoms with E-state index >= 15 is 0 Å². The molecule has 0 atom stereocenters. The van der Waals surface area contributed by atoms with Crippen molar-refractivity contribution in [3.05, 3.63) is 45.5 Å². The van der Waals surface area contributed by atoms with Crippen LogP contribution in [0.15, 0.2) is 29.0 Å². The number of hydrogen-bond acceptors (Lipinski definition) is 3. The van der Waals surface area contributed by atoms with Crippen LogP contribution in [0.25, 0.3) is 0 Å². The standard InChI is InChI=1S/C13H11BrClFN2O/c1-2-3-9-12(15)17-7-18-13(9)19-11-5-4-8(14)6-10(11)16/h4-7H,2-3H2,1H3. The Morgan fingerprint density at radius 2 is 2.16 bits per heavy atom. The highest BCUT2D eigenvalue weighted by Gasteiger charge is 2.13. The van der Waals surface area contributed by atoms with Crippen LogP contribution < -0.4 is 4.74 Å². The van der Waals surface area contributed by atoms with E-state index in [0.717, 1.165) is 6.42 Å². The van der Waals surface area contributed by atoms with Gasteiger partial charge in [-0.05, 0) is 24.6 Å². The molecule has 1 aromatic heterocycles. The normalized spacial score (nSPS) is 10.5. The van der Waals surface area contributed by atoms with Gasteiger partial charge >= 0.3 is 0 Å². The first-order valence-corrected chi connectivity index (χ1v) is 6.91. The van der Waals surface area contributed by atoms with E-state index in [-0.39, 0.29) is 5.75 Å². The molecule has 2 aromatic rings. The summed E-state index contributed by atoms with van der Waals surface area (Å²) in [6.07, 6.45) is 2.84. The monoisotopic (exact) mass is 344 g/mol. The van der Waals surface area contributed by atoms with Crippen LogP contribution in [0.3, 0.4) is 0 Å². The van der Waals surface area contributed by atoms with Gasteiger partial charge in [0.25, 0.3) is 0 Å². The molecule has 0 saturated carbocycles. The minimum absolute atomic E-state index is 0.107. The van der Waals surface area contributed by atoms with Gasteiger partial charge in [0.1, 0.15) is 11.5 Å². The molecule has 1 aromatic carbocycles. The summed E-state index contributed by atoms with van der Waals surface area (Å²) in [6, 6.07) is 4.56. The Morgan fingerprint density at radius 1 is 1.37 bits per heavy atom. The van der Waals surface area contributed by atoms with Crippen molar-refractivity contribution in [1.29, 1.82) is 0 Å². The lowest BCUT2D eigenvalue weighted by atomic mass is 10.2. The number of nitrogens with zero attached hydrogens (tertiary/aromatic N) is 2. The molecule has 0 bridgehead atoms. The molecule has 1 heterocycles. The van der Waals surface area contributed by atoms with Gasteiger partial charge in [-0.1, -0.05) is 40.9 Å². The van der Waals surface area contributed by atoms with E-state index in [0.29, 0.717) is 27.5 Å². The van der Waals surface area contributed by atoms with Crippen molar-refractivity contribution in [3.8, 4) is 11.6 Å². The van der Waals surface area contributed by atoms with Gasteiger partial charge in [0.15, 0.2) is 11.6 Å². The van der Waals surface area contributed by atoms with E-state index < -0.39 is 5.82 Å². The largest absolute Gasteiger partial charge is 0.435 e. The molecule has 0 aliphatic carbocycles. The van der Waals surface area contributed by atoms with Crippen LogP contribution in [0.5, 0.6) is 11.6 Å². The summed E-state index contributed by atoms with van der Waals surface area (Å²) in [6.45, 7) is 2.01. The average molecular weight is 346 g/mol. The van der Waals surface area contributed by atoms with E-state index in [1.165, 1.54) is 18.5 Å². The molecular formula is C13H11BrClFN2O. The van der Waals surface area contributed by atoms with Gasteiger partial charge in [-0.3, -0.25) is 0 Å². The van der Waals surface area contributed by atoms with Crippen molar-refractivity contribution in [3.63, 3.8) is 0 Å².